The maximum Gasteiger partial charge on any atom is 0.251 e. The Balaban J connectivity index is 1.67. The van der Waals surface area contributed by atoms with Gasteiger partial charge in [0.25, 0.3) is 6.43 Å². The van der Waals surface area contributed by atoms with Crippen molar-refractivity contribution in [2.45, 2.75) is 38.2 Å². The minimum absolute atomic E-state index is 0.102. The standard InChI is InChI=1S/C16H31F2N5/c1-19-16(20-10-13-4-3-7-22(2)11-13)21-14-5-8-23(9-6-14)12-15(17)18/h13-15H,3-12H2,1-2H3,(H2,19,20,21). The average Bonchev–Trinajstić information content (AvgIpc) is 2.52. The maximum absolute atomic E-state index is 12.4. The molecule has 2 aliphatic heterocycles. The summed E-state index contributed by atoms with van der Waals surface area (Å²) in [4.78, 5) is 8.52. The summed E-state index contributed by atoms with van der Waals surface area (Å²) in [5, 5.41) is 6.87. The molecular formula is C16H31F2N5. The van der Waals surface area contributed by atoms with Gasteiger partial charge in [0.05, 0.1) is 6.54 Å². The molecule has 2 saturated heterocycles. The van der Waals surface area contributed by atoms with Crippen LogP contribution in [0.5, 0.6) is 0 Å². The maximum atomic E-state index is 12.4. The third-order valence-corrected chi connectivity index (χ3v) is 4.83. The summed E-state index contributed by atoms with van der Waals surface area (Å²) in [5.74, 6) is 1.51. The molecule has 0 aromatic heterocycles. The molecule has 0 aliphatic carbocycles. The minimum atomic E-state index is -2.23. The number of hydrogen-bond donors (Lipinski definition) is 2. The fourth-order valence-corrected chi connectivity index (χ4v) is 3.52. The van der Waals surface area contributed by atoms with Crippen LogP contribution >= 0.6 is 0 Å². The zero-order valence-electron chi connectivity index (χ0n) is 14.4. The van der Waals surface area contributed by atoms with Crippen molar-refractivity contribution in [3.63, 3.8) is 0 Å². The van der Waals surface area contributed by atoms with Gasteiger partial charge in [-0.2, -0.15) is 0 Å². The first-order valence-electron chi connectivity index (χ1n) is 8.73. The molecule has 7 heteroatoms. The highest BCUT2D eigenvalue weighted by molar-refractivity contribution is 5.79. The Hall–Kier alpha value is -0.950. The second-order valence-corrected chi connectivity index (χ2v) is 6.83. The van der Waals surface area contributed by atoms with Crippen LogP contribution in [0.2, 0.25) is 0 Å². The van der Waals surface area contributed by atoms with Crippen molar-refractivity contribution in [2.24, 2.45) is 10.9 Å². The molecule has 1 atom stereocenters. The molecular weight excluding hydrogens is 300 g/mol. The van der Waals surface area contributed by atoms with Gasteiger partial charge < -0.3 is 15.5 Å². The van der Waals surface area contributed by atoms with Crippen molar-refractivity contribution >= 4 is 5.96 Å². The number of nitrogens with zero attached hydrogens (tertiary/aromatic N) is 3. The molecule has 5 nitrogen and oxygen atoms in total. The number of likely N-dealkylation sites (tertiary alicyclic amines) is 2. The molecule has 2 N–H and O–H groups in total. The largest absolute Gasteiger partial charge is 0.356 e. The van der Waals surface area contributed by atoms with Gasteiger partial charge in [0.15, 0.2) is 5.96 Å². The number of hydrogen-bond acceptors (Lipinski definition) is 3. The van der Waals surface area contributed by atoms with Crippen LogP contribution in [-0.2, 0) is 0 Å². The fraction of sp³-hybridized carbons (Fsp3) is 0.938. The summed E-state index contributed by atoms with van der Waals surface area (Å²) in [6.07, 6.45) is 2.07. The van der Waals surface area contributed by atoms with E-state index in [-0.39, 0.29) is 6.54 Å². The third kappa shape index (κ3) is 6.59. The number of halogens is 2. The second-order valence-electron chi connectivity index (χ2n) is 6.83. The van der Waals surface area contributed by atoms with Crippen LogP contribution in [0.4, 0.5) is 8.78 Å². The number of guanidine groups is 1. The van der Waals surface area contributed by atoms with E-state index >= 15 is 0 Å². The summed E-state index contributed by atoms with van der Waals surface area (Å²) in [6.45, 7) is 4.62. The van der Waals surface area contributed by atoms with Crippen LogP contribution in [-0.4, -0.2) is 81.6 Å². The van der Waals surface area contributed by atoms with Crippen LogP contribution in [0.15, 0.2) is 4.99 Å². The molecule has 2 aliphatic rings. The van der Waals surface area contributed by atoms with Crippen LogP contribution in [0.3, 0.4) is 0 Å². The van der Waals surface area contributed by atoms with Crippen LogP contribution < -0.4 is 10.6 Å². The first kappa shape index (κ1) is 18.4. The lowest BCUT2D eigenvalue weighted by Gasteiger charge is -2.33. The Labute approximate surface area is 138 Å². The third-order valence-electron chi connectivity index (χ3n) is 4.83. The number of rotatable bonds is 5. The number of nitrogens with one attached hydrogen (secondary N) is 2. The first-order chi connectivity index (χ1) is 11.1. The van der Waals surface area contributed by atoms with E-state index in [1.807, 2.05) is 4.90 Å². The molecule has 0 aromatic carbocycles. The van der Waals surface area contributed by atoms with Gasteiger partial charge in [-0.1, -0.05) is 0 Å². The summed E-state index contributed by atoms with van der Waals surface area (Å²) >= 11 is 0. The van der Waals surface area contributed by atoms with Gasteiger partial charge in [-0.25, -0.2) is 8.78 Å². The van der Waals surface area contributed by atoms with E-state index in [1.54, 1.807) is 7.05 Å². The number of piperidine rings is 2. The van der Waals surface area contributed by atoms with E-state index < -0.39 is 6.43 Å². The van der Waals surface area contributed by atoms with Crippen molar-refractivity contribution in [3.05, 3.63) is 0 Å². The highest BCUT2D eigenvalue weighted by Gasteiger charge is 2.22. The molecule has 134 valence electrons. The Morgan fingerprint density at radius 1 is 1.22 bits per heavy atom. The lowest BCUT2D eigenvalue weighted by atomic mass is 9.98. The van der Waals surface area contributed by atoms with Crippen LogP contribution in [0.1, 0.15) is 25.7 Å². The smallest absolute Gasteiger partial charge is 0.251 e. The van der Waals surface area contributed by atoms with Gasteiger partial charge in [0, 0.05) is 39.3 Å². The monoisotopic (exact) mass is 331 g/mol. The minimum Gasteiger partial charge on any atom is -0.356 e. The van der Waals surface area contributed by atoms with Gasteiger partial charge in [0.1, 0.15) is 0 Å². The molecule has 23 heavy (non-hydrogen) atoms. The summed E-state index contributed by atoms with van der Waals surface area (Å²) < 4.78 is 24.8. The van der Waals surface area contributed by atoms with Crippen molar-refractivity contribution in [2.75, 3.05) is 53.4 Å². The van der Waals surface area contributed by atoms with Gasteiger partial charge in [0.2, 0.25) is 0 Å². The lowest BCUT2D eigenvalue weighted by Crippen LogP contribution is -2.50. The second kappa shape index (κ2) is 9.37. The highest BCUT2D eigenvalue weighted by Crippen LogP contribution is 2.14. The Morgan fingerprint density at radius 2 is 1.96 bits per heavy atom. The predicted octanol–water partition coefficient (Wildman–Crippen LogP) is 1.22. The SMILES string of the molecule is CN=C(NCC1CCCN(C)C1)NC1CCN(CC(F)F)CC1. The molecule has 0 saturated carbocycles. The molecule has 0 aromatic rings. The molecule has 2 heterocycles. The topological polar surface area (TPSA) is 42.9 Å². The summed E-state index contributed by atoms with van der Waals surface area (Å²) in [5.41, 5.74) is 0. The van der Waals surface area contributed by atoms with E-state index in [9.17, 15) is 8.78 Å². The summed E-state index contributed by atoms with van der Waals surface area (Å²) in [6, 6.07) is 0.323. The number of alkyl halides is 2. The van der Waals surface area contributed by atoms with Crippen LogP contribution in [0.25, 0.3) is 0 Å². The van der Waals surface area contributed by atoms with Gasteiger partial charge in [-0.3, -0.25) is 9.89 Å². The lowest BCUT2D eigenvalue weighted by molar-refractivity contribution is 0.0744. The Morgan fingerprint density at radius 3 is 2.57 bits per heavy atom. The van der Waals surface area contributed by atoms with Crippen molar-refractivity contribution < 1.29 is 8.78 Å². The average molecular weight is 331 g/mol. The van der Waals surface area contributed by atoms with E-state index in [2.05, 4.69) is 27.6 Å². The zero-order valence-corrected chi connectivity index (χ0v) is 14.4. The molecule has 1 unspecified atom stereocenters. The molecule has 2 fully saturated rings. The normalized spacial score (nSPS) is 25.8. The van der Waals surface area contributed by atoms with Crippen molar-refractivity contribution in [1.82, 2.24) is 20.4 Å². The van der Waals surface area contributed by atoms with E-state index in [1.165, 1.54) is 19.4 Å². The fourth-order valence-electron chi connectivity index (χ4n) is 3.52. The molecule has 0 amide bonds. The van der Waals surface area contributed by atoms with Crippen LogP contribution in [0, 0.1) is 5.92 Å². The molecule has 0 bridgehead atoms. The number of aliphatic imine (C=N–C) groups is 1. The first-order valence-corrected chi connectivity index (χ1v) is 8.73. The van der Waals surface area contributed by atoms with Gasteiger partial charge >= 0.3 is 0 Å². The molecule has 0 spiro atoms. The molecule has 2 rings (SSSR count). The zero-order chi connectivity index (χ0) is 16.7. The van der Waals surface area contributed by atoms with Gasteiger partial charge in [-0.15, -0.1) is 0 Å². The van der Waals surface area contributed by atoms with E-state index in [0.717, 1.165) is 45.0 Å². The predicted molar refractivity (Wildman–Crippen MR) is 90.2 cm³/mol. The van der Waals surface area contributed by atoms with E-state index in [4.69, 9.17) is 0 Å². The molecule has 0 radical (unpaired) electrons. The van der Waals surface area contributed by atoms with Crippen molar-refractivity contribution in [1.29, 1.82) is 0 Å². The quantitative estimate of drug-likeness (QED) is 0.587. The highest BCUT2D eigenvalue weighted by atomic mass is 19.3. The Kier molecular flexibility index (Phi) is 7.49. The van der Waals surface area contributed by atoms with Gasteiger partial charge in [-0.05, 0) is 45.2 Å². The van der Waals surface area contributed by atoms with Crippen molar-refractivity contribution in [3.8, 4) is 0 Å². The summed E-state index contributed by atoms with van der Waals surface area (Å²) in [7, 11) is 3.96. The van der Waals surface area contributed by atoms with E-state index in [0.29, 0.717) is 12.0 Å². The Bertz CT molecular complexity index is 369.